The molecule has 28 heteroatoms. The number of esters is 2. The molecule has 0 radical (unpaired) electrons. The molecule has 24 nitrogen and oxygen atoms in total. The fourth-order valence-electron chi connectivity index (χ4n) is 16.8. The van der Waals surface area contributed by atoms with Gasteiger partial charge in [0, 0.05) is 44.5 Å². The van der Waals surface area contributed by atoms with E-state index in [0.29, 0.717) is 102 Å². The van der Waals surface area contributed by atoms with Gasteiger partial charge >= 0.3 is 23.9 Å². The van der Waals surface area contributed by atoms with Gasteiger partial charge < -0.3 is 56.7 Å². The van der Waals surface area contributed by atoms with E-state index in [1.54, 1.807) is 36.4 Å². The number of hydrogen-bond donors (Lipinski definition) is 2. The smallest absolute Gasteiger partial charge is 0.308 e. The molecule has 126 heavy (non-hydrogen) atoms. The van der Waals surface area contributed by atoms with Gasteiger partial charge in [0.25, 0.3) is 23.6 Å². The Labute approximate surface area is 752 Å². The highest BCUT2D eigenvalue weighted by molar-refractivity contribution is 6.33. The second-order valence-electron chi connectivity index (χ2n) is 33.5. The Morgan fingerprint density at radius 2 is 0.524 bits per heavy atom. The van der Waals surface area contributed by atoms with E-state index in [0.717, 1.165) is 158 Å². The zero-order chi connectivity index (χ0) is 89.2. The zero-order valence-electron chi connectivity index (χ0n) is 72.1. The van der Waals surface area contributed by atoms with Gasteiger partial charge in [-0.1, -0.05) is 141 Å². The van der Waals surface area contributed by atoms with Crippen LogP contribution in [0, 0.1) is 47.3 Å². The minimum Gasteiger partial charge on any atom is -0.489 e. The summed E-state index contributed by atoms with van der Waals surface area (Å²) in [5.41, 5.74) is 10.9. The van der Waals surface area contributed by atoms with Crippen molar-refractivity contribution in [2.24, 2.45) is 47.3 Å². The summed E-state index contributed by atoms with van der Waals surface area (Å²) < 4.78 is 54.5. The Kier molecular flexibility index (Phi) is 31.6. The van der Waals surface area contributed by atoms with Crippen molar-refractivity contribution in [1.82, 2.24) is 40.6 Å². The third kappa shape index (κ3) is 24.2. The molecule has 4 heterocycles. The van der Waals surface area contributed by atoms with Crippen LogP contribution in [0.5, 0.6) is 23.0 Å². The van der Waals surface area contributed by atoms with Crippen molar-refractivity contribution < 1.29 is 75.9 Å². The lowest BCUT2D eigenvalue weighted by Crippen LogP contribution is -2.21. The molecule has 8 aromatic carbocycles. The average molecular weight is 1790 g/mol. The number of hydrogen-bond acceptors (Lipinski definition) is 22. The van der Waals surface area contributed by atoms with E-state index in [2.05, 4.69) is 64.8 Å². The van der Waals surface area contributed by atoms with E-state index in [4.69, 9.17) is 92.9 Å². The van der Waals surface area contributed by atoms with Crippen molar-refractivity contribution in [2.75, 3.05) is 14.2 Å². The third-order valence-corrected chi connectivity index (χ3v) is 24.2. The lowest BCUT2D eigenvalue weighted by atomic mass is 9.89. The molecule has 0 bridgehead atoms. The molecule has 0 spiro atoms. The molecule has 0 amide bonds. The third-order valence-electron chi connectivity index (χ3n) is 23.0. The molecule has 0 aliphatic heterocycles. The van der Waals surface area contributed by atoms with Gasteiger partial charge in [-0.15, -0.1) is 0 Å². The highest BCUT2D eigenvalue weighted by atomic mass is 35.5. The van der Waals surface area contributed by atoms with E-state index in [9.17, 15) is 29.4 Å². The van der Waals surface area contributed by atoms with Gasteiger partial charge in [-0.25, -0.2) is 0 Å². The number of aliphatic carboxylic acids is 2. The van der Waals surface area contributed by atoms with Crippen LogP contribution in [-0.4, -0.2) is 113 Å². The first kappa shape index (κ1) is 92.2. The van der Waals surface area contributed by atoms with Crippen LogP contribution in [0.25, 0.3) is 91.4 Å². The number of aromatic nitrogens is 8. The van der Waals surface area contributed by atoms with Gasteiger partial charge in [0.1, 0.15) is 23.0 Å². The Hall–Kier alpha value is -11.4. The maximum Gasteiger partial charge on any atom is 0.308 e. The SMILES string of the molecule is CC(C)Oc1ccc(-c2noc(-c3ccc(C[C@@H]4CCC[C@@H]4C(=O)O)cc3)n2)cc1Cl.CC(C)Oc1ccc(-c2noc(-c3ccc(C[C@H]4CCC[C@H]4C(=O)O)cc3)n2)cc1Cl.COC(=O)[C@@H]1CCC[C@@H]1Cc1ccc(-c2nc(-c3ccc(OC(C)C)c(Cl)c3)no2)cc1.COC(=O)[C@H]1CCC[C@H]1Cc1ccc(-c2nc(-c3ccc(OC(C)C)c(Cl)c3)no2)cc1. The van der Waals surface area contributed by atoms with Gasteiger partial charge in [0.2, 0.25) is 23.3 Å². The Morgan fingerprint density at radius 1 is 0.317 bits per heavy atom. The lowest BCUT2D eigenvalue weighted by molar-refractivity contribution is -0.147. The van der Waals surface area contributed by atoms with Gasteiger partial charge in [-0.3, -0.25) is 19.2 Å². The van der Waals surface area contributed by atoms with E-state index in [1.807, 2.05) is 165 Å². The van der Waals surface area contributed by atoms with Gasteiger partial charge in [0.05, 0.1) is 82.4 Å². The monoisotopic (exact) mass is 1790 g/mol. The van der Waals surface area contributed by atoms with Gasteiger partial charge in [-0.2, -0.15) is 19.9 Å². The minimum absolute atomic E-state index is 0.00215. The van der Waals surface area contributed by atoms with Crippen molar-refractivity contribution >= 4 is 70.3 Å². The first-order chi connectivity index (χ1) is 60.7. The fraction of sp³-hybridized carbons (Fsp3) is 0.388. The molecular weight excluding hydrogens is 1690 g/mol. The van der Waals surface area contributed by atoms with Crippen molar-refractivity contribution in [1.29, 1.82) is 0 Å². The quantitative estimate of drug-likeness (QED) is 0.0430. The number of halogens is 4. The molecule has 0 saturated heterocycles. The highest BCUT2D eigenvalue weighted by Crippen LogP contribution is 2.42. The second-order valence-corrected chi connectivity index (χ2v) is 35.1. The number of methoxy groups -OCH3 is 2. The van der Waals surface area contributed by atoms with Crippen LogP contribution in [0.15, 0.2) is 188 Å². The molecule has 4 saturated carbocycles. The number of ether oxygens (including phenoxy) is 6. The van der Waals surface area contributed by atoms with Crippen molar-refractivity contribution in [3.05, 3.63) is 212 Å². The van der Waals surface area contributed by atoms with Gasteiger partial charge in [-0.05, 0) is 300 Å². The Bertz CT molecular complexity index is 5310. The largest absolute Gasteiger partial charge is 0.489 e. The van der Waals surface area contributed by atoms with Crippen LogP contribution in [0.3, 0.4) is 0 Å². The summed E-state index contributed by atoms with van der Waals surface area (Å²) in [6, 6.07) is 53.6. The molecule has 4 fully saturated rings. The topological polar surface area (TPSA) is 320 Å². The van der Waals surface area contributed by atoms with Crippen molar-refractivity contribution in [3.8, 4) is 114 Å². The van der Waals surface area contributed by atoms with Crippen molar-refractivity contribution in [3.63, 3.8) is 0 Å². The Balaban J connectivity index is 0.000000144. The van der Waals surface area contributed by atoms with E-state index >= 15 is 0 Å². The van der Waals surface area contributed by atoms with Crippen LogP contribution in [0.2, 0.25) is 20.1 Å². The average Bonchev–Trinajstić information content (AvgIpc) is 1.67. The predicted molar refractivity (Wildman–Crippen MR) is 481 cm³/mol. The van der Waals surface area contributed by atoms with Crippen molar-refractivity contribution in [2.45, 2.75) is 183 Å². The molecule has 2 N–H and O–H groups in total. The molecule has 4 aromatic heterocycles. The number of rotatable bonds is 28. The maximum absolute atomic E-state index is 12.0. The molecule has 660 valence electrons. The summed E-state index contributed by atoms with van der Waals surface area (Å²) in [5.74, 6) is 5.11. The predicted octanol–water partition coefficient (Wildman–Crippen LogP) is 23.7. The second kappa shape index (κ2) is 43.2. The summed E-state index contributed by atoms with van der Waals surface area (Å²) in [5, 5.41) is 37.1. The number of carboxylic acid groups (broad SMARTS) is 2. The fourth-order valence-corrected chi connectivity index (χ4v) is 17.7. The van der Waals surface area contributed by atoms with Crippen LogP contribution in [-0.2, 0) is 54.3 Å². The lowest BCUT2D eigenvalue weighted by Gasteiger charge is -2.17. The van der Waals surface area contributed by atoms with E-state index < -0.39 is 11.9 Å². The Morgan fingerprint density at radius 3 is 0.722 bits per heavy atom. The number of carbonyl (C=O) groups is 4. The normalized spacial score (nSPS) is 18.3. The summed E-state index contributed by atoms with van der Waals surface area (Å²) in [6.45, 7) is 15.6. The summed E-state index contributed by atoms with van der Waals surface area (Å²) in [7, 11) is 2.93. The van der Waals surface area contributed by atoms with Crippen LogP contribution >= 0.6 is 46.4 Å². The molecule has 12 aromatic rings. The molecular formula is C98H104Cl4N8O16. The van der Waals surface area contributed by atoms with Crippen LogP contribution in [0.1, 0.15) is 155 Å². The standard InChI is InChI=1S/2C25H27ClN2O4.2C24H25ClN2O4/c2*1-15(2)31-22-12-11-19(14-21(22)26)23-27-24(32-28-23)17-9-7-16(8-10-17)13-18-5-4-6-20(18)25(29)30-3;2*1-14(2)30-21-11-10-18(13-20(21)25)22-26-23(31-27-22)16-8-6-15(7-9-16)12-17-4-3-5-19(17)24(28)29/h2*7-12,14-15,18,20H,4-6,13H2,1-3H3;2*6-11,13-14,17,19H,3-5,12H2,1-2H3,(H,28,29)/t2*18-,20-;2*17-,19-/m1010/s1. The number of carbonyl (C=O) groups excluding carboxylic acids is 2. The van der Waals surface area contributed by atoms with Gasteiger partial charge in [0.15, 0.2) is 0 Å². The van der Waals surface area contributed by atoms with Crippen LogP contribution < -0.4 is 18.9 Å². The van der Waals surface area contributed by atoms with Crippen LogP contribution in [0.4, 0.5) is 0 Å². The molecule has 4 aliphatic carbocycles. The minimum atomic E-state index is -0.679. The van der Waals surface area contributed by atoms with E-state index in [1.165, 1.54) is 25.3 Å². The first-order valence-corrected chi connectivity index (χ1v) is 44.4. The summed E-state index contributed by atoms with van der Waals surface area (Å²) in [4.78, 5) is 64.8. The highest BCUT2D eigenvalue weighted by Gasteiger charge is 2.37. The molecule has 8 atom stereocenters. The molecule has 0 unspecified atom stereocenters. The number of nitrogens with zero attached hydrogens (tertiary/aromatic N) is 8. The maximum atomic E-state index is 12.0. The summed E-state index contributed by atoms with van der Waals surface area (Å²) >= 11 is 25.3. The number of carboxylic acids is 2. The van der Waals surface area contributed by atoms with E-state index in [-0.39, 0.29) is 71.9 Å². The zero-order valence-corrected chi connectivity index (χ0v) is 75.1. The first-order valence-electron chi connectivity index (χ1n) is 42.9. The molecule has 4 aliphatic rings. The summed E-state index contributed by atoms with van der Waals surface area (Å²) in [6.07, 6.45) is 14.9. The molecule has 16 rings (SSSR count). The number of benzene rings is 8.